The fourth-order valence-corrected chi connectivity index (χ4v) is 10.9. The number of carbonyl (C=O) groups excluding carboxylic acids is 2. The maximum absolute atomic E-state index is 14.2. The minimum Gasteiger partial charge on any atom is -0.497 e. The third kappa shape index (κ3) is 3.82. The second-order valence-corrected chi connectivity index (χ2v) is 15.5. The number of rotatable bonds is 3. The molecule has 8 heteroatoms. The van der Waals surface area contributed by atoms with Crippen LogP contribution in [0.1, 0.15) is 70.4 Å². The van der Waals surface area contributed by atoms with Crippen molar-refractivity contribution in [3.05, 3.63) is 29.3 Å². The van der Waals surface area contributed by atoms with E-state index in [1.807, 2.05) is 25.7 Å². The van der Waals surface area contributed by atoms with Gasteiger partial charge < -0.3 is 24.2 Å². The average molecular weight is 577 g/mol. The highest BCUT2D eigenvalue weighted by atomic mass is 16.6. The van der Waals surface area contributed by atoms with Crippen LogP contribution in [0.25, 0.3) is 0 Å². The van der Waals surface area contributed by atoms with Crippen molar-refractivity contribution in [2.24, 2.45) is 23.2 Å². The summed E-state index contributed by atoms with van der Waals surface area (Å²) in [6.45, 7) is 11.3. The van der Waals surface area contributed by atoms with E-state index in [0.29, 0.717) is 55.5 Å². The van der Waals surface area contributed by atoms with Crippen LogP contribution in [-0.2, 0) is 16.6 Å². The first-order chi connectivity index (χ1) is 20.1. The first-order valence-electron chi connectivity index (χ1n) is 16.6. The van der Waals surface area contributed by atoms with Crippen molar-refractivity contribution in [1.29, 1.82) is 0 Å². The Morgan fingerprint density at radius 1 is 1.00 bits per heavy atom. The molecule has 3 saturated heterocycles. The molecule has 42 heavy (non-hydrogen) atoms. The normalized spacial score (nSPS) is 36.9. The molecule has 0 spiro atoms. The number of likely N-dealkylation sites (tertiary alicyclic amines) is 2. The van der Waals surface area contributed by atoms with E-state index < -0.39 is 5.60 Å². The zero-order valence-corrected chi connectivity index (χ0v) is 25.9. The molecule has 6 fully saturated rings. The van der Waals surface area contributed by atoms with Gasteiger partial charge in [0, 0.05) is 56.8 Å². The van der Waals surface area contributed by atoms with Crippen molar-refractivity contribution in [3.8, 4) is 5.75 Å². The molecule has 1 aromatic rings. The van der Waals surface area contributed by atoms with Crippen molar-refractivity contribution < 1.29 is 19.1 Å². The van der Waals surface area contributed by atoms with E-state index in [2.05, 4.69) is 28.0 Å². The van der Waals surface area contributed by atoms with Gasteiger partial charge in [-0.2, -0.15) is 0 Å². The molecule has 8 nitrogen and oxygen atoms in total. The number of urea groups is 1. The maximum atomic E-state index is 14.2. The van der Waals surface area contributed by atoms with Crippen molar-refractivity contribution in [1.82, 2.24) is 19.6 Å². The largest absolute Gasteiger partial charge is 0.497 e. The number of carbonyl (C=O) groups is 2. The predicted octanol–water partition coefficient (Wildman–Crippen LogP) is 4.75. The van der Waals surface area contributed by atoms with Crippen LogP contribution in [-0.4, -0.2) is 102 Å². The molecule has 3 saturated carbocycles. The van der Waals surface area contributed by atoms with Gasteiger partial charge in [0.1, 0.15) is 11.4 Å². The summed E-state index contributed by atoms with van der Waals surface area (Å²) in [6.07, 6.45) is 8.53. The summed E-state index contributed by atoms with van der Waals surface area (Å²) >= 11 is 0. The van der Waals surface area contributed by atoms with E-state index >= 15 is 0 Å². The Labute approximate surface area is 250 Å². The average Bonchev–Trinajstić information content (AvgIpc) is 3.66. The van der Waals surface area contributed by atoms with Gasteiger partial charge in [0.2, 0.25) is 0 Å². The Morgan fingerprint density at radius 3 is 2.48 bits per heavy atom. The van der Waals surface area contributed by atoms with E-state index in [-0.39, 0.29) is 17.5 Å². The molecule has 4 aliphatic carbocycles. The first kappa shape index (κ1) is 27.1. The summed E-state index contributed by atoms with van der Waals surface area (Å²) in [5.74, 6) is 2.97. The molecule has 0 N–H and O–H groups in total. The number of nitrogens with zero attached hydrogens (tertiary/aromatic N) is 4. The molecular formula is C34H48N4O4. The molecule has 1 aromatic carbocycles. The van der Waals surface area contributed by atoms with Gasteiger partial charge in [-0.05, 0) is 119 Å². The summed E-state index contributed by atoms with van der Waals surface area (Å²) in [7, 11) is 1.79. The number of hydrogen-bond donors (Lipinski definition) is 0. The Kier molecular flexibility index (Phi) is 5.97. The third-order valence-corrected chi connectivity index (χ3v) is 12.4. The van der Waals surface area contributed by atoms with Crippen molar-refractivity contribution in [2.45, 2.75) is 88.8 Å². The van der Waals surface area contributed by atoms with Gasteiger partial charge in [-0.15, -0.1) is 0 Å². The van der Waals surface area contributed by atoms with Crippen LogP contribution < -0.4 is 4.74 Å². The van der Waals surface area contributed by atoms with Crippen molar-refractivity contribution in [3.63, 3.8) is 0 Å². The number of fused-ring (bicyclic) bond motifs is 1. The summed E-state index contributed by atoms with van der Waals surface area (Å²) in [5, 5.41) is 0. The number of piperidine rings is 1. The molecule has 3 aliphatic heterocycles. The molecule has 8 rings (SSSR count). The van der Waals surface area contributed by atoms with E-state index in [1.165, 1.54) is 57.2 Å². The molecular weight excluding hydrogens is 528 g/mol. The van der Waals surface area contributed by atoms with Crippen molar-refractivity contribution in [2.75, 3.05) is 52.9 Å². The lowest BCUT2D eigenvalue weighted by atomic mass is 9.43. The molecule has 6 atom stereocenters. The number of ether oxygens (including phenoxy) is 2. The summed E-state index contributed by atoms with van der Waals surface area (Å²) in [4.78, 5) is 35.7. The highest BCUT2D eigenvalue weighted by Gasteiger charge is 2.76. The molecule has 2 unspecified atom stereocenters. The van der Waals surface area contributed by atoms with Gasteiger partial charge in [0.15, 0.2) is 0 Å². The van der Waals surface area contributed by atoms with Gasteiger partial charge in [0.25, 0.3) is 0 Å². The zero-order valence-electron chi connectivity index (χ0n) is 25.9. The summed E-state index contributed by atoms with van der Waals surface area (Å²) in [5.41, 5.74) is 3.03. The highest BCUT2D eigenvalue weighted by Crippen LogP contribution is 2.75. The SMILES string of the molecule is COc1ccc2c(c1)[C@]13CCN(CC4CC4)[C@H](C2)[C@]12CCC1C3[C@@H](CN1C(=O)N1CCN(C(=O)OC(C)(C)C)CC1)C2. The monoisotopic (exact) mass is 576 g/mol. The van der Waals surface area contributed by atoms with Crippen LogP contribution in [0.4, 0.5) is 9.59 Å². The smallest absolute Gasteiger partial charge is 0.410 e. The lowest BCUT2D eigenvalue weighted by molar-refractivity contribution is -0.102. The summed E-state index contributed by atoms with van der Waals surface area (Å²) in [6, 6.07) is 8.03. The predicted molar refractivity (Wildman–Crippen MR) is 160 cm³/mol. The number of benzene rings is 1. The van der Waals surface area contributed by atoms with Crippen LogP contribution in [0.5, 0.6) is 5.75 Å². The molecule has 3 heterocycles. The molecule has 3 amide bonds. The van der Waals surface area contributed by atoms with E-state index in [4.69, 9.17) is 9.47 Å². The van der Waals surface area contributed by atoms with Crippen LogP contribution in [0.15, 0.2) is 18.2 Å². The number of amides is 3. The van der Waals surface area contributed by atoms with Crippen LogP contribution in [0, 0.1) is 23.2 Å². The minimum atomic E-state index is -0.512. The van der Waals surface area contributed by atoms with Crippen LogP contribution in [0.3, 0.4) is 0 Å². The van der Waals surface area contributed by atoms with Crippen LogP contribution >= 0.6 is 0 Å². The standard InChI is InChI=1S/C34H48N4O4/c1-32(2,3)42-31(40)36-15-13-35(14-16-36)30(39)38-21-24-19-33-10-9-27(38)29(24)34(33)11-12-37(20-22-5-6-22)28(33)17-23-7-8-25(41-4)18-26(23)34/h7-8,18,22,24,27-29H,5-6,9-17,19-21H2,1-4H3/t24-,27?,28-,29?,33-,34+/m1/s1. The lowest BCUT2D eigenvalue weighted by Gasteiger charge is -2.66. The maximum Gasteiger partial charge on any atom is 0.410 e. The zero-order chi connectivity index (χ0) is 29.0. The second-order valence-electron chi connectivity index (χ2n) is 15.5. The second kappa shape index (κ2) is 9.26. The third-order valence-electron chi connectivity index (χ3n) is 12.4. The van der Waals surface area contributed by atoms with Crippen molar-refractivity contribution >= 4 is 12.1 Å². The Bertz CT molecular complexity index is 1280. The van der Waals surface area contributed by atoms with E-state index in [0.717, 1.165) is 24.6 Å². The lowest BCUT2D eigenvalue weighted by Crippen LogP contribution is -2.70. The Hall–Kier alpha value is -2.48. The van der Waals surface area contributed by atoms with E-state index in [9.17, 15) is 9.59 Å². The van der Waals surface area contributed by atoms with Crippen LogP contribution in [0.2, 0.25) is 0 Å². The van der Waals surface area contributed by atoms with Gasteiger partial charge in [0.05, 0.1) is 7.11 Å². The molecule has 228 valence electrons. The number of methoxy groups -OCH3 is 1. The molecule has 0 aromatic heterocycles. The molecule has 7 aliphatic rings. The number of piperazine rings is 1. The first-order valence-corrected chi connectivity index (χ1v) is 16.6. The summed E-state index contributed by atoms with van der Waals surface area (Å²) < 4.78 is 11.4. The van der Waals surface area contributed by atoms with Gasteiger partial charge in [-0.25, -0.2) is 9.59 Å². The quantitative estimate of drug-likeness (QED) is 0.520. The Morgan fingerprint density at radius 2 is 1.76 bits per heavy atom. The molecule has 0 radical (unpaired) electrons. The van der Waals surface area contributed by atoms with E-state index in [1.54, 1.807) is 17.6 Å². The highest BCUT2D eigenvalue weighted by molar-refractivity contribution is 5.76. The Balaban J connectivity index is 1.07. The minimum absolute atomic E-state index is 0.137. The van der Waals surface area contributed by atoms with Gasteiger partial charge >= 0.3 is 12.1 Å². The topological polar surface area (TPSA) is 65.6 Å². The fraction of sp³-hybridized carbons (Fsp3) is 0.765. The number of hydrogen-bond acceptors (Lipinski definition) is 5. The van der Waals surface area contributed by atoms with Gasteiger partial charge in [-0.1, -0.05) is 6.07 Å². The molecule has 4 bridgehead atoms. The fourth-order valence-electron chi connectivity index (χ4n) is 10.9. The van der Waals surface area contributed by atoms with Gasteiger partial charge in [-0.3, -0.25) is 4.90 Å².